The zero-order valence-electron chi connectivity index (χ0n) is 16.4. The topological polar surface area (TPSA) is 71.7 Å². The highest BCUT2D eigenvalue weighted by molar-refractivity contribution is 9.10. The van der Waals surface area contributed by atoms with Crippen molar-refractivity contribution in [3.8, 4) is 0 Å². The molecule has 0 aliphatic carbocycles. The maximum Gasteiger partial charge on any atom is 0.410 e. The molecule has 4 rings (SSSR count). The molecule has 0 saturated carbocycles. The molecule has 0 N–H and O–H groups in total. The van der Waals surface area contributed by atoms with Gasteiger partial charge in [-0.2, -0.15) is 4.98 Å². The fourth-order valence-electron chi connectivity index (χ4n) is 3.59. The molecular formula is C20H25BrN4O3. The Morgan fingerprint density at radius 3 is 2.75 bits per heavy atom. The third-order valence-electron chi connectivity index (χ3n) is 5.10. The van der Waals surface area contributed by atoms with E-state index in [1.54, 1.807) is 4.90 Å². The molecule has 1 aromatic carbocycles. The highest BCUT2D eigenvalue weighted by Crippen LogP contribution is 2.33. The average Bonchev–Trinajstić information content (AvgIpc) is 3.21. The monoisotopic (exact) mass is 448 g/mol. The van der Waals surface area contributed by atoms with E-state index in [0.29, 0.717) is 30.8 Å². The summed E-state index contributed by atoms with van der Waals surface area (Å²) in [4.78, 5) is 20.7. The Morgan fingerprint density at radius 1 is 1.25 bits per heavy atom. The van der Waals surface area contributed by atoms with Crippen LogP contribution < -0.4 is 4.90 Å². The smallest absolute Gasteiger partial charge is 0.410 e. The summed E-state index contributed by atoms with van der Waals surface area (Å²) in [5.41, 5.74) is 0.827. The maximum atomic E-state index is 12.2. The van der Waals surface area contributed by atoms with E-state index in [1.807, 2.05) is 26.8 Å². The number of benzene rings is 1. The summed E-state index contributed by atoms with van der Waals surface area (Å²) in [6.07, 6.45) is 0.524. The molecule has 2 aliphatic heterocycles. The minimum absolute atomic E-state index is 0.0657. The molecule has 7 nitrogen and oxygen atoms in total. The summed E-state index contributed by atoms with van der Waals surface area (Å²) in [5, 5.41) is 4.15. The highest BCUT2D eigenvalue weighted by Gasteiger charge is 2.35. The lowest BCUT2D eigenvalue weighted by Crippen LogP contribution is -2.45. The van der Waals surface area contributed by atoms with E-state index >= 15 is 0 Å². The molecule has 2 saturated heterocycles. The molecule has 1 aromatic heterocycles. The van der Waals surface area contributed by atoms with Crippen LogP contribution in [0.5, 0.6) is 0 Å². The van der Waals surface area contributed by atoms with Gasteiger partial charge in [0.2, 0.25) is 5.89 Å². The van der Waals surface area contributed by atoms with Crippen LogP contribution in [0.1, 0.15) is 50.5 Å². The first-order valence-electron chi connectivity index (χ1n) is 9.60. The second-order valence-corrected chi connectivity index (χ2v) is 9.42. The Bertz CT molecular complexity index is 857. The van der Waals surface area contributed by atoms with Gasteiger partial charge in [-0.3, -0.25) is 0 Å². The number of rotatable bonds is 3. The number of carbonyl (C=O) groups is 1. The molecule has 0 bridgehead atoms. The first kappa shape index (κ1) is 19.2. The van der Waals surface area contributed by atoms with Crippen molar-refractivity contribution in [1.82, 2.24) is 15.0 Å². The zero-order valence-corrected chi connectivity index (χ0v) is 18.0. The van der Waals surface area contributed by atoms with Crippen molar-refractivity contribution in [3.05, 3.63) is 40.2 Å². The van der Waals surface area contributed by atoms with Crippen LogP contribution in [0.4, 0.5) is 10.7 Å². The normalized spacial score (nSPS) is 20.4. The summed E-state index contributed by atoms with van der Waals surface area (Å²) in [7, 11) is 0. The summed E-state index contributed by atoms with van der Waals surface area (Å²) in [6.45, 7) is 8.57. The Kier molecular flexibility index (Phi) is 5.07. The molecule has 2 aromatic rings. The van der Waals surface area contributed by atoms with Crippen LogP contribution in [0.25, 0.3) is 0 Å². The quantitative estimate of drug-likeness (QED) is 0.701. The number of nitrogens with zero attached hydrogens (tertiary/aromatic N) is 4. The number of aromatic nitrogens is 2. The third kappa shape index (κ3) is 4.16. The molecule has 2 fully saturated rings. The van der Waals surface area contributed by atoms with Gasteiger partial charge in [0.05, 0.1) is 5.92 Å². The number of carbonyl (C=O) groups excluding carboxylic acids is 1. The number of likely N-dealkylation sites (tertiary alicyclic amines) is 1. The van der Waals surface area contributed by atoms with Crippen LogP contribution in [-0.4, -0.2) is 52.9 Å². The second-order valence-electron chi connectivity index (χ2n) is 8.50. The molecular weight excluding hydrogens is 424 g/mol. The largest absolute Gasteiger partial charge is 0.444 e. The lowest BCUT2D eigenvalue weighted by Gasteiger charge is -2.38. The Labute approximate surface area is 173 Å². The van der Waals surface area contributed by atoms with Crippen molar-refractivity contribution in [3.63, 3.8) is 0 Å². The van der Waals surface area contributed by atoms with Gasteiger partial charge >= 0.3 is 6.09 Å². The first-order valence-corrected chi connectivity index (χ1v) is 10.4. The van der Waals surface area contributed by atoms with Crippen molar-refractivity contribution in [2.24, 2.45) is 0 Å². The van der Waals surface area contributed by atoms with Gasteiger partial charge in [-0.1, -0.05) is 28.1 Å². The number of hydrogen-bond donors (Lipinski definition) is 0. The minimum atomic E-state index is -0.491. The Morgan fingerprint density at radius 2 is 2.04 bits per heavy atom. The molecule has 8 heteroatoms. The fraction of sp³-hybridized carbons (Fsp3) is 0.550. The number of ether oxygens (including phenoxy) is 1. The summed E-state index contributed by atoms with van der Waals surface area (Å²) in [6, 6.07) is 8.41. The average molecular weight is 449 g/mol. The van der Waals surface area contributed by atoms with E-state index in [1.165, 1.54) is 5.56 Å². The van der Waals surface area contributed by atoms with Crippen LogP contribution in [0.3, 0.4) is 0 Å². The van der Waals surface area contributed by atoms with E-state index < -0.39 is 5.60 Å². The minimum Gasteiger partial charge on any atom is -0.444 e. The lowest BCUT2D eigenvalue weighted by molar-refractivity contribution is 0.0291. The molecule has 3 heterocycles. The third-order valence-corrected chi connectivity index (χ3v) is 5.60. The van der Waals surface area contributed by atoms with Crippen molar-refractivity contribution >= 4 is 28.0 Å². The first-order chi connectivity index (χ1) is 13.3. The molecule has 0 radical (unpaired) electrons. The van der Waals surface area contributed by atoms with Crippen LogP contribution in [0.2, 0.25) is 0 Å². The van der Waals surface area contributed by atoms with E-state index in [9.17, 15) is 4.79 Å². The van der Waals surface area contributed by atoms with Gasteiger partial charge < -0.3 is 19.1 Å². The Hall–Kier alpha value is -2.09. The number of halogens is 1. The predicted molar refractivity (Wildman–Crippen MR) is 109 cm³/mol. The van der Waals surface area contributed by atoms with E-state index in [-0.39, 0.29) is 12.0 Å². The van der Waals surface area contributed by atoms with Gasteiger partial charge in [0.25, 0.3) is 5.95 Å². The van der Waals surface area contributed by atoms with Gasteiger partial charge in [-0.25, -0.2) is 4.79 Å². The van der Waals surface area contributed by atoms with Crippen LogP contribution in [0, 0.1) is 0 Å². The molecule has 1 amide bonds. The second kappa shape index (κ2) is 7.39. The van der Waals surface area contributed by atoms with Gasteiger partial charge in [0, 0.05) is 36.6 Å². The standard InChI is InChI=1S/C20H25BrN4O3/c1-20(2,3)27-19(26)24-8-7-14(10-24)17-22-18(23-28-17)25-11-15(12-25)13-5-4-6-16(21)9-13/h4-6,9,14-15H,7-8,10-12H2,1-3H3. The summed E-state index contributed by atoms with van der Waals surface area (Å²) in [5.74, 6) is 1.79. The predicted octanol–water partition coefficient (Wildman–Crippen LogP) is 4.16. The molecule has 2 aliphatic rings. The summed E-state index contributed by atoms with van der Waals surface area (Å²) < 4.78 is 12.1. The van der Waals surface area contributed by atoms with Crippen molar-refractivity contribution in [2.75, 3.05) is 31.1 Å². The maximum absolute atomic E-state index is 12.2. The number of anilines is 1. The molecule has 28 heavy (non-hydrogen) atoms. The van der Waals surface area contributed by atoms with Crippen molar-refractivity contribution in [2.45, 2.75) is 44.6 Å². The lowest BCUT2D eigenvalue weighted by atomic mass is 9.92. The van der Waals surface area contributed by atoms with E-state index in [0.717, 1.165) is 24.0 Å². The van der Waals surface area contributed by atoms with E-state index in [2.05, 4.69) is 49.2 Å². The van der Waals surface area contributed by atoms with Gasteiger partial charge in [-0.15, -0.1) is 0 Å². The molecule has 1 atom stereocenters. The van der Waals surface area contributed by atoms with Crippen molar-refractivity contribution < 1.29 is 14.1 Å². The zero-order chi connectivity index (χ0) is 19.9. The highest BCUT2D eigenvalue weighted by atomic mass is 79.9. The Balaban J connectivity index is 1.33. The van der Waals surface area contributed by atoms with Crippen molar-refractivity contribution in [1.29, 1.82) is 0 Å². The van der Waals surface area contributed by atoms with Gasteiger partial charge in [0.1, 0.15) is 5.60 Å². The molecule has 0 spiro atoms. The molecule has 150 valence electrons. The number of amides is 1. The van der Waals surface area contributed by atoms with Gasteiger partial charge in [-0.05, 0) is 50.0 Å². The molecule has 1 unspecified atom stereocenters. The SMILES string of the molecule is CC(C)(C)OC(=O)N1CCC(c2nc(N3CC(c4cccc(Br)c4)C3)no2)C1. The fourth-order valence-corrected chi connectivity index (χ4v) is 4.01. The van der Waals surface area contributed by atoms with Crippen LogP contribution >= 0.6 is 15.9 Å². The van der Waals surface area contributed by atoms with Crippen LogP contribution in [-0.2, 0) is 4.74 Å². The number of hydrogen-bond acceptors (Lipinski definition) is 6. The van der Waals surface area contributed by atoms with Gasteiger partial charge in [0.15, 0.2) is 0 Å². The van der Waals surface area contributed by atoms with Crippen LogP contribution in [0.15, 0.2) is 33.3 Å². The summed E-state index contributed by atoms with van der Waals surface area (Å²) >= 11 is 3.53. The van der Waals surface area contributed by atoms with E-state index in [4.69, 9.17) is 9.26 Å².